The third-order valence-electron chi connectivity index (χ3n) is 4.64. The number of nitrogens with one attached hydrogen (secondary N) is 2. The van der Waals surface area contributed by atoms with Gasteiger partial charge in [-0.25, -0.2) is 0 Å². The maximum atomic E-state index is 12.5. The first-order valence-corrected chi connectivity index (χ1v) is 8.69. The Kier molecular flexibility index (Phi) is 5.58. The van der Waals surface area contributed by atoms with Gasteiger partial charge in [-0.15, -0.1) is 0 Å². The summed E-state index contributed by atoms with van der Waals surface area (Å²) in [6.07, 6.45) is 2.70. The minimum Gasteiger partial charge on any atom is -0.497 e. The molecule has 3 N–H and O–H groups in total. The molecule has 0 bridgehead atoms. The fraction of sp³-hybridized carbons (Fsp3) is 0.286. The van der Waals surface area contributed by atoms with E-state index < -0.39 is 0 Å². The Morgan fingerprint density at radius 1 is 1.23 bits per heavy atom. The van der Waals surface area contributed by atoms with Crippen molar-refractivity contribution in [3.8, 4) is 5.75 Å². The Morgan fingerprint density at radius 3 is 2.77 bits per heavy atom. The van der Waals surface area contributed by atoms with Crippen LogP contribution in [-0.4, -0.2) is 35.8 Å². The van der Waals surface area contributed by atoms with E-state index in [1.54, 1.807) is 7.11 Å². The minimum absolute atomic E-state index is 0.0955. The van der Waals surface area contributed by atoms with Crippen LogP contribution in [0, 0.1) is 6.92 Å². The lowest BCUT2D eigenvalue weighted by molar-refractivity contribution is -0.121. The molecule has 3 aromatic rings. The number of carbonyl (C=O) groups is 1. The van der Waals surface area contributed by atoms with Crippen LogP contribution in [0.2, 0.25) is 0 Å². The third-order valence-corrected chi connectivity index (χ3v) is 4.64. The number of H-pyrrole nitrogens is 1. The molecule has 0 saturated heterocycles. The summed E-state index contributed by atoms with van der Waals surface area (Å²) in [5.41, 5.74) is 4.16. The first-order valence-electron chi connectivity index (χ1n) is 8.69. The summed E-state index contributed by atoms with van der Waals surface area (Å²) in [4.78, 5) is 15.7. The van der Waals surface area contributed by atoms with Crippen molar-refractivity contribution >= 4 is 16.8 Å². The number of benzene rings is 2. The van der Waals surface area contributed by atoms with E-state index in [0.29, 0.717) is 6.42 Å². The van der Waals surface area contributed by atoms with Crippen molar-refractivity contribution in [1.82, 2.24) is 10.3 Å². The molecular formula is C21H24N2O3. The number of aryl methyl sites for hydroxylation is 1. The fourth-order valence-corrected chi connectivity index (χ4v) is 3.15. The molecule has 0 unspecified atom stereocenters. The van der Waals surface area contributed by atoms with Gasteiger partial charge in [-0.3, -0.25) is 4.79 Å². The van der Waals surface area contributed by atoms with Gasteiger partial charge in [0.25, 0.3) is 0 Å². The Balaban J connectivity index is 1.68. The van der Waals surface area contributed by atoms with Gasteiger partial charge in [0.15, 0.2) is 0 Å². The van der Waals surface area contributed by atoms with Crippen molar-refractivity contribution in [3.05, 3.63) is 65.4 Å². The molecule has 5 nitrogen and oxygen atoms in total. The van der Waals surface area contributed by atoms with Gasteiger partial charge in [-0.05, 0) is 48.2 Å². The van der Waals surface area contributed by atoms with E-state index in [-0.39, 0.29) is 25.0 Å². The maximum Gasteiger partial charge on any atom is 0.224 e. The maximum absolute atomic E-state index is 12.5. The van der Waals surface area contributed by atoms with Crippen LogP contribution in [0.3, 0.4) is 0 Å². The highest BCUT2D eigenvalue weighted by atomic mass is 16.5. The number of aromatic amines is 1. The molecule has 0 fully saturated rings. The second-order valence-electron chi connectivity index (χ2n) is 6.48. The zero-order valence-corrected chi connectivity index (χ0v) is 15.1. The number of aromatic nitrogens is 1. The van der Waals surface area contributed by atoms with Gasteiger partial charge in [0.2, 0.25) is 5.91 Å². The second-order valence-corrected chi connectivity index (χ2v) is 6.48. The highest BCUT2D eigenvalue weighted by Crippen LogP contribution is 2.24. The lowest BCUT2D eigenvalue weighted by Crippen LogP contribution is -2.40. The average molecular weight is 352 g/mol. The van der Waals surface area contributed by atoms with Gasteiger partial charge in [0, 0.05) is 17.1 Å². The number of hydrogen-bond donors (Lipinski definition) is 3. The predicted octanol–water partition coefficient (Wildman–Crippen LogP) is 2.75. The second kappa shape index (κ2) is 8.06. The molecule has 0 saturated carbocycles. The van der Waals surface area contributed by atoms with Crippen molar-refractivity contribution in [2.45, 2.75) is 25.8 Å². The molecule has 0 spiro atoms. The van der Waals surface area contributed by atoms with E-state index in [1.165, 1.54) is 0 Å². The molecule has 3 rings (SSSR count). The van der Waals surface area contributed by atoms with E-state index in [9.17, 15) is 9.90 Å². The molecule has 1 aromatic heterocycles. The molecule has 1 amide bonds. The molecule has 0 aliphatic rings. The standard InChI is InChI=1S/C21H24N2O3/c1-14-5-3-4-6-15(14)9-17(13-24)23-21(25)10-16-12-22-20-8-7-18(26-2)11-19(16)20/h3-8,11-12,17,22,24H,9-10,13H2,1-2H3,(H,23,25)/t17-/m1/s1. The summed E-state index contributed by atoms with van der Waals surface area (Å²) in [5, 5.41) is 13.6. The molecule has 0 aliphatic carbocycles. The predicted molar refractivity (Wildman–Crippen MR) is 102 cm³/mol. The molecule has 5 heteroatoms. The SMILES string of the molecule is COc1ccc2[nH]cc(CC(=O)N[C@@H](CO)Cc3ccccc3C)c2c1. The van der Waals surface area contributed by atoms with E-state index in [2.05, 4.69) is 10.3 Å². The van der Waals surface area contributed by atoms with Crippen LogP contribution in [0.1, 0.15) is 16.7 Å². The van der Waals surface area contributed by atoms with Crippen molar-refractivity contribution < 1.29 is 14.6 Å². The molecule has 1 heterocycles. The number of amides is 1. The van der Waals surface area contributed by atoms with Crippen LogP contribution < -0.4 is 10.1 Å². The lowest BCUT2D eigenvalue weighted by Gasteiger charge is -2.17. The van der Waals surface area contributed by atoms with E-state index >= 15 is 0 Å². The van der Waals surface area contributed by atoms with Crippen molar-refractivity contribution in [1.29, 1.82) is 0 Å². The van der Waals surface area contributed by atoms with Crippen LogP contribution in [0.15, 0.2) is 48.7 Å². The van der Waals surface area contributed by atoms with E-state index in [4.69, 9.17) is 4.74 Å². The van der Waals surface area contributed by atoms with Crippen molar-refractivity contribution in [2.75, 3.05) is 13.7 Å². The number of methoxy groups -OCH3 is 1. The van der Waals surface area contributed by atoms with Crippen LogP contribution in [0.4, 0.5) is 0 Å². The summed E-state index contributed by atoms with van der Waals surface area (Å²) >= 11 is 0. The molecule has 0 aliphatic heterocycles. The Labute approximate surface area is 153 Å². The van der Waals surface area contributed by atoms with Crippen molar-refractivity contribution in [2.24, 2.45) is 0 Å². The summed E-state index contributed by atoms with van der Waals surface area (Å²) in [5.74, 6) is 0.646. The number of aliphatic hydroxyl groups is 1. The molecule has 0 radical (unpaired) electrons. The number of ether oxygens (including phenoxy) is 1. The Morgan fingerprint density at radius 2 is 2.04 bits per heavy atom. The minimum atomic E-state index is -0.302. The van der Waals surface area contributed by atoms with Gasteiger partial charge < -0.3 is 20.1 Å². The summed E-state index contributed by atoms with van der Waals surface area (Å²) < 4.78 is 5.26. The van der Waals surface area contributed by atoms with Gasteiger partial charge >= 0.3 is 0 Å². The number of rotatable bonds is 7. The third kappa shape index (κ3) is 4.06. The summed E-state index contributed by atoms with van der Waals surface area (Å²) in [7, 11) is 1.62. The zero-order valence-electron chi connectivity index (χ0n) is 15.1. The topological polar surface area (TPSA) is 74.4 Å². The summed E-state index contributed by atoms with van der Waals surface area (Å²) in [6, 6.07) is 13.4. The van der Waals surface area contributed by atoms with Crippen molar-refractivity contribution in [3.63, 3.8) is 0 Å². The monoisotopic (exact) mass is 352 g/mol. The summed E-state index contributed by atoms with van der Waals surface area (Å²) in [6.45, 7) is 1.94. The fourth-order valence-electron chi connectivity index (χ4n) is 3.15. The molecular weight excluding hydrogens is 328 g/mol. The number of hydrogen-bond acceptors (Lipinski definition) is 3. The number of carbonyl (C=O) groups excluding carboxylic acids is 1. The largest absolute Gasteiger partial charge is 0.497 e. The first-order chi connectivity index (χ1) is 12.6. The average Bonchev–Trinajstić information content (AvgIpc) is 3.04. The normalized spacial score (nSPS) is 12.1. The van der Waals surface area contributed by atoms with Crippen LogP contribution in [-0.2, 0) is 17.6 Å². The zero-order chi connectivity index (χ0) is 18.5. The first kappa shape index (κ1) is 18.0. The van der Waals surface area contributed by atoms with E-state index in [1.807, 2.05) is 55.6 Å². The number of fused-ring (bicyclic) bond motifs is 1. The highest BCUT2D eigenvalue weighted by molar-refractivity contribution is 5.89. The highest BCUT2D eigenvalue weighted by Gasteiger charge is 2.15. The molecule has 2 aromatic carbocycles. The molecule has 136 valence electrons. The van der Waals surface area contributed by atoms with Crippen LogP contribution in [0.5, 0.6) is 5.75 Å². The van der Waals surface area contributed by atoms with Gasteiger partial charge in [-0.1, -0.05) is 24.3 Å². The molecule has 26 heavy (non-hydrogen) atoms. The van der Waals surface area contributed by atoms with E-state index in [0.717, 1.165) is 33.3 Å². The van der Waals surface area contributed by atoms with Gasteiger partial charge in [0.1, 0.15) is 5.75 Å². The Bertz CT molecular complexity index is 901. The van der Waals surface area contributed by atoms with Gasteiger partial charge in [-0.2, -0.15) is 0 Å². The quantitative estimate of drug-likeness (QED) is 0.612. The lowest BCUT2D eigenvalue weighted by atomic mass is 10.0. The van der Waals surface area contributed by atoms with Crippen LogP contribution >= 0.6 is 0 Å². The Hall–Kier alpha value is -2.79. The van der Waals surface area contributed by atoms with Crippen LogP contribution in [0.25, 0.3) is 10.9 Å². The molecule has 1 atom stereocenters. The number of aliphatic hydroxyl groups excluding tert-OH is 1. The smallest absolute Gasteiger partial charge is 0.224 e. The van der Waals surface area contributed by atoms with Gasteiger partial charge in [0.05, 0.1) is 26.2 Å².